The van der Waals surface area contributed by atoms with Crippen molar-refractivity contribution in [3.05, 3.63) is 59.1 Å². The Morgan fingerprint density at radius 3 is 2.05 bits per heavy atom. The quantitative estimate of drug-likeness (QED) is 0.745. The van der Waals surface area contributed by atoms with Crippen molar-refractivity contribution in [3.8, 4) is 5.75 Å². The molecule has 0 unspecified atom stereocenters. The Morgan fingerprint density at radius 2 is 1.53 bits per heavy atom. The lowest BCUT2D eigenvalue weighted by Crippen LogP contribution is -2.21. The molecule has 2 rings (SSSR count). The van der Waals surface area contributed by atoms with Crippen molar-refractivity contribution in [1.29, 1.82) is 0 Å². The van der Waals surface area contributed by atoms with Gasteiger partial charge in [0.25, 0.3) is 0 Å². The van der Waals surface area contributed by atoms with Crippen LogP contribution in [-0.4, -0.2) is 6.71 Å². The maximum atomic E-state index is 5.84. The zero-order valence-corrected chi connectivity index (χ0v) is 11.4. The second kappa shape index (κ2) is 7.25. The minimum atomic E-state index is 0. The SMILES string of the molecule is C.CB(C)c1ccc(OCc2ccc(Cl)cc2)cc1. The molecule has 0 atom stereocenters. The van der Waals surface area contributed by atoms with Crippen LogP contribution in [0.25, 0.3) is 0 Å². The Balaban J connectivity index is 0.00000180. The number of hydrogen-bond donors (Lipinski definition) is 0. The number of benzene rings is 2. The van der Waals surface area contributed by atoms with E-state index < -0.39 is 0 Å². The molecule has 0 aromatic heterocycles. The van der Waals surface area contributed by atoms with Gasteiger partial charge >= 0.3 is 0 Å². The molecule has 2 aromatic carbocycles. The highest BCUT2D eigenvalue weighted by molar-refractivity contribution is 6.70. The van der Waals surface area contributed by atoms with Crippen LogP contribution < -0.4 is 10.2 Å². The van der Waals surface area contributed by atoms with E-state index >= 15 is 0 Å². The molecule has 0 radical (unpaired) electrons. The summed E-state index contributed by atoms with van der Waals surface area (Å²) in [5.41, 5.74) is 2.45. The zero-order chi connectivity index (χ0) is 13.0. The molecular formula is C16H20BClO. The summed E-state index contributed by atoms with van der Waals surface area (Å²) in [6.45, 7) is 5.49. The lowest BCUT2D eigenvalue weighted by atomic mass is 9.49. The predicted octanol–water partition coefficient (Wildman–Crippen LogP) is 4.52. The molecule has 100 valence electrons. The Hall–Kier alpha value is -1.41. The van der Waals surface area contributed by atoms with Crippen molar-refractivity contribution < 1.29 is 4.74 Å². The van der Waals surface area contributed by atoms with Crippen LogP contribution in [0.2, 0.25) is 18.7 Å². The van der Waals surface area contributed by atoms with Gasteiger partial charge in [0, 0.05) is 5.02 Å². The molecule has 19 heavy (non-hydrogen) atoms. The number of ether oxygens (including phenoxy) is 1. The predicted molar refractivity (Wildman–Crippen MR) is 86.1 cm³/mol. The molecule has 3 heteroatoms. The van der Waals surface area contributed by atoms with Gasteiger partial charge in [-0.2, -0.15) is 0 Å². The second-order valence-electron chi connectivity index (χ2n) is 4.64. The molecule has 0 saturated heterocycles. The molecular weight excluding hydrogens is 254 g/mol. The molecule has 0 fully saturated rings. The fraction of sp³-hybridized carbons (Fsp3) is 0.250. The summed E-state index contributed by atoms with van der Waals surface area (Å²) in [4.78, 5) is 0. The highest BCUT2D eigenvalue weighted by Crippen LogP contribution is 2.13. The van der Waals surface area contributed by atoms with E-state index in [2.05, 4.69) is 25.8 Å². The van der Waals surface area contributed by atoms with E-state index in [1.54, 1.807) is 0 Å². The summed E-state index contributed by atoms with van der Waals surface area (Å²) >= 11 is 5.84. The Morgan fingerprint density at radius 1 is 0.947 bits per heavy atom. The van der Waals surface area contributed by atoms with Gasteiger partial charge < -0.3 is 4.74 Å². The lowest BCUT2D eigenvalue weighted by molar-refractivity contribution is 0.306. The summed E-state index contributed by atoms with van der Waals surface area (Å²) < 4.78 is 5.72. The van der Waals surface area contributed by atoms with Gasteiger partial charge in [-0.05, 0) is 29.8 Å². The van der Waals surface area contributed by atoms with E-state index in [0.717, 1.165) is 16.3 Å². The van der Waals surface area contributed by atoms with E-state index in [-0.39, 0.29) is 7.43 Å². The van der Waals surface area contributed by atoms with Crippen molar-refractivity contribution in [3.63, 3.8) is 0 Å². The fourth-order valence-corrected chi connectivity index (χ4v) is 1.82. The molecule has 0 aliphatic carbocycles. The van der Waals surface area contributed by atoms with Crippen LogP contribution in [0.4, 0.5) is 0 Å². The molecule has 0 aliphatic heterocycles. The van der Waals surface area contributed by atoms with E-state index in [1.165, 1.54) is 5.46 Å². The molecule has 0 N–H and O–H groups in total. The minimum absolute atomic E-state index is 0. The van der Waals surface area contributed by atoms with E-state index in [4.69, 9.17) is 16.3 Å². The minimum Gasteiger partial charge on any atom is -0.489 e. The molecule has 1 nitrogen and oxygen atoms in total. The Labute approximate surface area is 121 Å². The largest absolute Gasteiger partial charge is 0.489 e. The van der Waals surface area contributed by atoms with Crippen LogP contribution in [0, 0.1) is 0 Å². The van der Waals surface area contributed by atoms with Gasteiger partial charge in [0.15, 0.2) is 6.71 Å². The highest BCUT2D eigenvalue weighted by atomic mass is 35.5. The van der Waals surface area contributed by atoms with E-state index in [0.29, 0.717) is 13.3 Å². The normalized spacial score (nSPS) is 9.63. The van der Waals surface area contributed by atoms with Gasteiger partial charge in [-0.15, -0.1) is 0 Å². The third-order valence-corrected chi connectivity index (χ3v) is 3.12. The number of rotatable bonds is 4. The molecule has 0 aliphatic rings. The molecule has 2 aromatic rings. The molecule has 0 amide bonds. The first-order chi connectivity index (χ1) is 8.65. The first kappa shape index (κ1) is 15.7. The Kier molecular flexibility index (Phi) is 5.97. The standard InChI is InChI=1S/C15H16BClO.CH4/c1-16(2)13-5-9-15(10-6-13)18-11-12-3-7-14(17)8-4-12;/h3-10H,11H2,1-2H3;1H4. The van der Waals surface area contributed by atoms with Crippen molar-refractivity contribution in [2.45, 2.75) is 27.7 Å². The monoisotopic (exact) mass is 274 g/mol. The fourth-order valence-electron chi connectivity index (χ4n) is 1.70. The van der Waals surface area contributed by atoms with E-state index in [9.17, 15) is 0 Å². The van der Waals surface area contributed by atoms with Crippen LogP contribution in [0.1, 0.15) is 13.0 Å². The molecule has 0 saturated carbocycles. The lowest BCUT2D eigenvalue weighted by Gasteiger charge is -2.08. The van der Waals surface area contributed by atoms with Crippen LogP contribution >= 0.6 is 11.6 Å². The van der Waals surface area contributed by atoms with Gasteiger partial charge in [0.1, 0.15) is 12.4 Å². The summed E-state index contributed by atoms with van der Waals surface area (Å²) in [5, 5.41) is 0.750. The number of hydrogen-bond acceptors (Lipinski definition) is 1. The second-order valence-corrected chi connectivity index (χ2v) is 5.08. The van der Waals surface area contributed by atoms with Crippen LogP contribution in [0.5, 0.6) is 5.75 Å². The van der Waals surface area contributed by atoms with Crippen molar-refractivity contribution in [2.75, 3.05) is 0 Å². The van der Waals surface area contributed by atoms with Crippen LogP contribution in [-0.2, 0) is 6.61 Å². The maximum absolute atomic E-state index is 5.84. The molecule has 0 spiro atoms. The average Bonchev–Trinajstić information content (AvgIpc) is 2.38. The maximum Gasteiger partial charge on any atom is 0.169 e. The first-order valence-corrected chi connectivity index (χ1v) is 6.50. The summed E-state index contributed by atoms with van der Waals surface area (Å²) in [5.74, 6) is 0.898. The zero-order valence-electron chi connectivity index (χ0n) is 10.7. The van der Waals surface area contributed by atoms with Gasteiger partial charge in [0.05, 0.1) is 0 Å². The third-order valence-electron chi connectivity index (χ3n) is 2.87. The van der Waals surface area contributed by atoms with E-state index in [1.807, 2.05) is 36.4 Å². The highest BCUT2D eigenvalue weighted by Gasteiger charge is 2.02. The van der Waals surface area contributed by atoms with Gasteiger partial charge in [-0.3, -0.25) is 0 Å². The first-order valence-electron chi connectivity index (χ1n) is 6.12. The average molecular weight is 275 g/mol. The summed E-state index contributed by atoms with van der Waals surface area (Å²) in [6, 6.07) is 16.0. The van der Waals surface area contributed by atoms with Crippen LogP contribution in [0.3, 0.4) is 0 Å². The van der Waals surface area contributed by atoms with Gasteiger partial charge in [-0.1, -0.05) is 62.4 Å². The molecule has 0 bridgehead atoms. The summed E-state index contributed by atoms with van der Waals surface area (Å²) in [7, 11) is 0. The van der Waals surface area contributed by atoms with Gasteiger partial charge in [-0.25, -0.2) is 0 Å². The van der Waals surface area contributed by atoms with Crippen molar-refractivity contribution in [1.82, 2.24) is 0 Å². The summed E-state index contributed by atoms with van der Waals surface area (Å²) in [6.07, 6.45) is 0. The topological polar surface area (TPSA) is 9.23 Å². The van der Waals surface area contributed by atoms with Crippen molar-refractivity contribution >= 4 is 23.8 Å². The van der Waals surface area contributed by atoms with Crippen LogP contribution in [0.15, 0.2) is 48.5 Å². The third kappa shape index (κ3) is 4.64. The Bertz CT molecular complexity index is 491. The van der Waals surface area contributed by atoms with Gasteiger partial charge in [0.2, 0.25) is 0 Å². The van der Waals surface area contributed by atoms with Crippen molar-refractivity contribution in [2.24, 2.45) is 0 Å². The number of halogens is 1. The molecule has 0 heterocycles. The smallest absolute Gasteiger partial charge is 0.169 e.